The largest absolute Gasteiger partial charge is 0.434 e. The summed E-state index contributed by atoms with van der Waals surface area (Å²) < 4.78 is 10.3. The molecule has 0 atom stereocenters. The molecule has 0 aliphatic heterocycles. The van der Waals surface area contributed by atoms with E-state index in [2.05, 4.69) is 98.0 Å². The number of nitrogens with one attached hydrogen (secondary N) is 1. The second-order valence-corrected chi connectivity index (χ2v) is 11.3. The predicted molar refractivity (Wildman–Crippen MR) is 191 cm³/mol. The molecule has 7 nitrogen and oxygen atoms in total. The zero-order chi connectivity index (χ0) is 31.3. The average molecular weight is 607 g/mol. The van der Waals surface area contributed by atoms with Crippen LogP contribution in [0.1, 0.15) is 11.5 Å². The van der Waals surface area contributed by atoms with E-state index in [1.165, 1.54) is 5.39 Å². The Bertz CT molecular complexity index is 2660. The van der Waals surface area contributed by atoms with Crippen molar-refractivity contribution in [3.8, 4) is 5.69 Å². The highest BCUT2D eigenvalue weighted by Gasteiger charge is 2.20. The minimum atomic E-state index is -0.106. The predicted octanol–water partition coefficient (Wildman–Crippen LogP) is 9.38. The number of aliphatic imine (C=N–C) groups is 2. The van der Waals surface area contributed by atoms with Gasteiger partial charge in [-0.2, -0.15) is 0 Å². The number of nitrogens with zero attached hydrogens (tertiary/aromatic N) is 5. The summed E-state index contributed by atoms with van der Waals surface area (Å²) in [7, 11) is 0. The van der Waals surface area contributed by atoms with Gasteiger partial charge < -0.3 is 8.98 Å². The zero-order valence-electron chi connectivity index (χ0n) is 25.1. The van der Waals surface area contributed by atoms with E-state index in [0.29, 0.717) is 16.9 Å². The van der Waals surface area contributed by atoms with Crippen molar-refractivity contribution in [2.75, 3.05) is 0 Å². The van der Waals surface area contributed by atoms with E-state index in [9.17, 15) is 0 Å². The van der Waals surface area contributed by atoms with Crippen LogP contribution >= 0.6 is 0 Å². The first-order chi connectivity index (χ1) is 23.2. The van der Waals surface area contributed by atoms with Gasteiger partial charge >= 0.3 is 0 Å². The van der Waals surface area contributed by atoms with Crippen LogP contribution in [0.3, 0.4) is 0 Å². The Morgan fingerprint density at radius 1 is 0.617 bits per heavy atom. The maximum absolute atomic E-state index is 8.82. The highest BCUT2D eigenvalue weighted by atomic mass is 16.3. The van der Waals surface area contributed by atoms with E-state index in [-0.39, 0.29) is 11.7 Å². The van der Waals surface area contributed by atoms with E-state index in [0.717, 1.165) is 49.5 Å². The fourth-order valence-electron chi connectivity index (χ4n) is 6.49. The van der Waals surface area contributed by atoms with Crippen molar-refractivity contribution in [3.05, 3.63) is 157 Å². The van der Waals surface area contributed by atoms with Gasteiger partial charge in [0.1, 0.15) is 11.9 Å². The van der Waals surface area contributed by atoms with Crippen LogP contribution in [0.15, 0.2) is 160 Å². The van der Waals surface area contributed by atoms with E-state index in [1.807, 2.05) is 73.1 Å². The molecule has 0 bridgehead atoms. The molecule has 3 aromatic heterocycles. The van der Waals surface area contributed by atoms with Crippen molar-refractivity contribution in [1.82, 2.24) is 14.1 Å². The number of para-hydroxylation sites is 5. The van der Waals surface area contributed by atoms with E-state index in [1.54, 1.807) is 0 Å². The summed E-state index contributed by atoms with van der Waals surface area (Å²) in [5.41, 5.74) is 7.42. The Balaban J connectivity index is 1.30. The maximum atomic E-state index is 8.82. The molecular formula is C40H26N6O. The van der Waals surface area contributed by atoms with Gasteiger partial charge in [0.2, 0.25) is 5.84 Å². The van der Waals surface area contributed by atoms with Crippen LogP contribution in [0.25, 0.3) is 60.4 Å². The number of fused-ring (bicyclic) bond motifs is 8. The minimum absolute atomic E-state index is 0.106. The van der Waals surface area contributed by atoms with Crippen molar-refractivity contribution in [2.24, 2.45) is 9.98 Å². The standard InChI is InChI=1S/C40H26N6O/c41-38(40-43-32-19-9-12-22-35(32)47-40)44-39(26-13-3-1-4-14-26)42-25-45-33-20-10-7-17-28(33)30-23-24-31-29-18-8-11-21-34(29)46(37(31)36(30)45)27-15-5-2-6-16-27/h1-25,41H. The Kier molecular flexibility index (Phi) is 6.14. The van der Waals surface area contributed by atoms with Gasteiger partial charge in [-0.3, -0.25) is 9.98 Å². The second-order valence-electron chi connectivity index (χ2n) is 11.3. The molecule has 0 saturated carbocycles. The van der Waals surface area contributed by atoms with Crippen LogP contribution in [0.5, 0.6) is 0 Å². The Hall–Kier alpha value is -6.60. The molecule has 7 heteroatoms. The quantitative estimate of drug-likeness (QED) is 0.160. The zero-order valence-corrected chi connectivity index (χ0v) is 25.1. The lowest BCUT2D eigenvalue weighted by molar-refractivity contribution is 0.588. The average Bonchev–Trinajstić information content (AvgIpc) is 3.81. The number of hydrogen-bond acceptors (Lipinski definition) is 3. The highest BCUT2D eigenvalue weighted by molar-refractivity contribution is 6.25. The number of benzene rings is 6. The van der Waals surface area contributed by atoms with E-state index >= 15 is 0 Å². The fraction of sp³-hybridized carbons (Fsp3) is 0. The van der Waals surface area contributed by atoms with Crippen molar-refractivity contribution in [1.29, 1.82) is 5.41 Å². The van der Waals surface area contributed by atoms with Gasteiger partial charge in [-0.05, 0) is 36.4 Å². The summed E-state index contributed by atoms with van der Waals surface area (Å²) in [4.78, 5) is 14.1. The summed E-state index contributed by atoms with van der Waals surface area (Å²) in [6.45, 7) is 0. The van der Waals surface area contributed by atoms with Crippen LogP contribution in [0, 0.1) is 5.41 Å². The van der Waals surface area contributed by atoms with Crippen molar-refractivity contribution >= 4 is 72.7 Å². The molecular weight excluding hydrogens is 580 g/mol. The molecule has 9 rings (SSSR count). The first kappa shape index (κ1) is 26.8. The van der Waals surface area contributed by atoms with Gasteiger partial charge in [-0.25, -0.2) is 15.0 Å². The molecule has 9 aromatic rings. The lowest BCUT2D eigenvalue weighted by atomic mass is 10.1. The van der Waals surface area contributed by atoms with Crippen LogP contribution in [-0.2, 0) is 0 Å². The smallest absolute Gasteiger partial charge is 0.265 e. The lowest BCUT2D eigenvalue weighted by Crippen LogP contribution is -2.07. The van der Waals surface area contributed by atoms with Gasteiger partial charge in [0.25, 0.3) is 5.89 Å². The molecule has 3 heterocycles. The topological polar surface area (TPSA) is 84.5 Å². The van der Waals surface area contributed by atoms with Gasteiger partial charge in [0.05, 0.1) is 22.1 Å². The number of aromatic nitrogens is 3. The molecule has 0 amide bonds. The third-order valence-corrected chi connectivity index (χ3v) is 8.56. The molecule has 0 unspecified atom stereocenters. The summed E-state index contributed by atoms with van der Waals surface area (Å²) in [5.74, 6) is 0.409. The number of hydrogen-bond donors (Lipinski definition) is 1. The Morgan fingerprint density at radius 2 is 1.23 bits per heavy atom. The van der Waals surface area contributed by atoms with Crippen LogP contribution in [0.2, 0.25) is 0 Å². The normalized spacial score (nSPS) is 12.4. The van der Waals surface area contributed by atoms with Crippen LogP contribution in [0.4, 0.5) is 0 Å². The van der Waals surface area contributed by atoms with E-state index < -0.39 is 0 Å². The fourth-order valence-corrected chi connectivity index (χ4v) is 6.49. The van der Waals surface area contributed by atoms with Gasteiger partial charge in [-0.1, -0.05) is 109 Å². The van der Waals surface area contributed by atoms with Gasteiger partial charge in [0.15, 0.2) is 11.4 Å². The molecule has 1 N–H and O–H groups in total. The SMILES string of the molecule is N=C(N=C(N=Cn1c2ccccc2c2ccc3c4ccccc4n(-c4ccccc4)c3c21)c1ccccc1)c1nc2ccccc2o1. The van der Waals surface area contributed by atoms with Gasteiger partial charge in [0, 0.05) is 32.8 Å². The Labute approximate surface area is 268 Å². The number of amidine groups is 2. The first-order valence-electron chi connectivity index (χ1n) is 15.4. The monoisotopic (exact) mass is 606 g/mol. The lowest BCUT2D eigenvalue weighted by Gasteiger charge is -2.10. The summed E-state index contributed by atoms with van der Waals surface area (Å²) >= 11 is 0. The summed E-state index contributed by atoms with van der Waals surface area (Å²) in [6.07, 6.45) is 1.82. The van der Waals surface area contributed by atoms with Crippen molar-refractivity contribution < 1.29 is 4.42 Å². The molecule has 0 fully saturated rings. The minimum Gasteiger partial charge on any atom is -0.434 e. The van der Waals surface area contributed by atoms with E-state index in [4.69, 9.17) is 14.8 Å². The highest BCUT2D eigenvalue weighted by Crippen LogP contribution is 2.39. The molecule has 0 radical (unpaired) electrons. The molecule has 0 aliphatic rings. The van der Waals surface area contributed by atoms with Crippen LogP contribution < -0.4 is 0 Å². The third kappa shape index (κ3) is 4.36. The molecule has 0 aliphatic carbocycles. The summed E-state index contributed by atoms with van der Waals surface area (Å²) in [5, 5.41) is 13.4. The van der Waals surface area contributed by atoms with Crippen molar-refractivity contribution in [3.63, 3.8) is 0 Å². The van der Waals surface area contributed by atoms with Crippen molar-refractivity contribution in [2.45, 2.75) is 0 Å². The maximum Gasteiger partial charge on any atom is 0.265 e. The molecule has 6 aromatic carbocycles. The molecule has 222 valence electrons. The number of oxazole rings is 1. The number of rotatable bonds is 4. The Morgan fingerprint density at radius 3 is 2.00 bits per heavy atom. The van der Waals surface area contributed by atoms with Crippen LogP contribution in [-0.4, -0.2) is 32.1 Å². The van der Waals surface area contributed by atoms with Gasteiger partial charge in [-0.15, -0.1) is 0 Å². The third-order valence-electron chi connectivity index (χ3n) is 8.56. The second kappa shape index (κ2) is 10.8. The first-order valence-corrected chi connectivity index (χ1v) is 15.4. The molecule has 47 heavy (non-hydrogen) atoms. The summed E-state index contributed by atoms with van der Waals surface area (Å²) in [6, 6.07) is 49.0. The molecule has 0 saturated heterocycles. The molecule has 0 spiro atoms.